The summed E-state index contributed by atoms with van der Waals surface area (Å²) in [6.45, 7) is -0.214. The van der Waals surface area contributed by atoms with E-state index in [1.807, 2.05) is 0 Å². The van der Waals surface area contributed by atoms with Crippen molar-refractivity contribution in [2.45, 2.75) is 11.5 Å². The molecule has 0 saturated heterocycles. The Labute approximate surface area is 133 Å². The van der Waals surface area contributed by atoms with Gasteiger partial charge in [0.1, 0.15) is 4.90 Å². The fraction of sp³-hybridized carbons (Fsp3) is 0.167. The van der Waals surface area contributed by atoms with Crippen LogP contribution in [0, 0.1) is 0 Å². The van der Waals surface area contributed by atoms with Crippen LogP contribution in [0.4, 0.5) is 5.69 Å². The number of aromatic nitrogens is 1. The van der Waals surface area contributed by atoms with Gasteiger partial charge in [0, 0.05) is 27.9 Å². The summed E-state index contributed by atoms with van der Waals surface area (Å²) in [4.78, 5) is 0.110. The number of benzene rings is 1. The highest BCUT2D eigenvalue weighted by atomic mass is 79.9. The predicted octanol–water partition coefficient (Wildman–Crippen LogP) is 2.84. The molecule has 0 saturated carbocycles. The summed E-state index contributed by atoms with van der Waals surface area (Å²) < 4.78 is 30.1. The van der Waals surface area contributed by atoms with Crippen LogP contribution >= 0.6 is 31.9 Å². The topological polar surface area (TPSA) is 71.3 Å². The monoisotopic (exact) mass is 422 g/mol. The van der Waals surface area contributed by atoms with Crippen molar-refractivity contribution in [3.8, 4) is 0 Å². The highest BCUT2D eigenvalue weighted by Gasteiger charge is 2.18. The standard InChI is InChI=1S/C12H12Br2N2O3S/c1-16-6-10(5-9(16)7-17)20(18,19)15-12-3-2-8(13)4-11(12)14/h2-6,15,17H,7H2,1H3. The maximum Gasteiger partial charge on any atom is 0.263 e. The molecule has 0 radical (unpaired) electrons. The Bertz CT molecular complexity index is 741. The summed E-state index contributed by atoms with van der Waals surface area (Å²) >= 11 is 6.61. The fourth-order valence-corrected chi connectivity index (χ4v) is 4.11. The van der Waals surface area contributed by atoms with E-state index in [1.54, 1.807) is 29.8 Å². The molecule has 2 rings (SSSR count). The molecule has 0 amide bonds. The van der Waals surface area contributed by atoms with Gasteiger partial charge in [0.2, 0.25) is 0 Å². The third-order valence-corrected chi connectivity index (χ3v) is 5.21. The third-order valence-electron chi connectivity index (χ3n) is 2.73. The molecule has 1 aromatic heterocycles. The first-order chi connectivity index (χ1) is 9.33. The van der Waals surface area contributed by atoms with E-state index in [1.165, 1.54) is 12.3 Å². The maximum absolute atomic E-state index is 12.3. The SMILES string of the molecule is Cn1cc(S(=O)(=O)Nc2ccc(Br)cc2Br)cc1CO. The van der Waals surface area contributed by atoms with Crippen LogP contribution in [0.1, 0.15) is 5.69 Å². The number of aliphatic hydroxyl groups excluding tert-OH is 1. The van der Waals surface area contributed by atoms with Crippen LogP contribution in [0.2, 0.25) is 0 Å². The number of aliphatic hydroxyl groups is 1. The molecule has 1 heterocycles. The molecule has 1 aromatic carbocycles. The molecule has 8 heteroatoms. The molecule has 0 fully saturated rings. The minimum atomic E-state index is -3.69. The summed E-state index contributed by atoms with van der Waals surface area (Å²) in [6.07, 6.45) is 1.46. The van der Waals surface area contributed by atoms with E-state index in [2.05, 4.69) is 36.6 Å². The Balaban J connectivity index is 2.35. The van der Waals surface area contributed by atoms with Crippen LogP contribution in [-0.2, 0) is 23.7 Å². The quantitative estimate of drug-likeness (QED) is 0.794. The lowest BCUT2D eigenvalue weighted by atomic mass is 10.3. The molecule has 0 aliphatic heterocycles. The second-order valence-corrected chi connectivity index (χ2v) is 7.62. The average Bonchev–Trinajstić information content (AvgIpc) is 2.75. The van der Waals surface area contributed by atoms with Crippen molar-refractivity contribution >= 4 is 47.6 Å². The second kappa shape index (κ2) is 5.88. The van der Waals surface area contributed by atoms with Gasteiger partial charge in [-0.05, 0) is 40.2 Å². The molecule has 0 aliphatic rings. The molecular weight excluding hydrogens is 412 g/mol. The third kappa shape index (κ3) is 3.25. The Morgan fingerprint density at radius 1 is 1.30 bits per heavy atom. The second-order valence-electron chi connectivity index (χ2n) is 4.17. The van der Waals surface area contributed by atoms with Gasteiger partial charge in [-0.25, -0.2) is 8.42 Å². The molecule has 5 nitrogen and oxygen atoms in total. The summed E-state index contributed by atoms with van der Waals surface area (Å²) in [5, 5.41) is 9.11. The number of nitrogens with zero attached hydrogens (tertiary/aromatic N) is 1. The van der Waals surface area contributed by atoms with E-state index in [4.69, 9.17) is 5.11 Å². The van der Waals surface area contributed by atoms with E-state index in [9.17, 15) is 8.42 Å². The van der Waals surface area contributed by atoms with Gasteiger partial charge in [-0.2, -0.15) is 0 Å². The van der Waals surface area contributed by atoms with Gasteiger partial charge in [0.25, 0.3) is 10.0 Å². The first-order valence-corrected chi connectivity index (χ1v) is 8.64. The molecule has 0 unspecified atom stereocenters. The van der Waals surface area contributed by atoms with Crippen molar-refractivity contribution in [2.24, 2.45) is 7.05 Å². The largest absolute Gasteiger partial charge is 0.390 e. The number of anilines is 1. The van der Waals surface area contributed by atoms with E-state index in [0.717, 1.165) is 4.47 Å². The lowest BCUT2D eigenvalue weighted by molar-refractivity contribution is 0.272. The minimum Gasteiger partial charge on any atom is -0.390 e. The number of hydrogen-bond donors (Lipinski definition) is 2. The van der Waals surface area contributed by atoms with E-state index in [-0.39, 0.29) is 11.5 Å². The Hall–Kier alpha value is -0.830. The Morgan fingerprint density at radius 3 is 2.55 bits per heavy atom. The van der Waals surface area contributed by atoms with Crippen LogP contribution in [0.15, 0.2) is 44.3 Å². The van der Waals surface area contributed by atoms with Crippen LogP contribution in [0.25, 0.3) is 0 Å². The molecule has 0 aliphatic carbocycles. The van der Waals surface area contributed by atoms with Crippen molar-refractivity contribution in [1.82, 2.24) is 4.57 Å². The lowest BCUT2D eigenvalue weighted by Crippen LogP contribution is -2.12. The maximum atomic E-state index is 12.3. The molecule has 2 aromatic rings. The lowest BCUT2D eigenvalue weighted by Gasteiger charge is -2.08. The highest BCUT2D eigenvalue weighted by Crippen LogP contribution is 2.28. The first kappa shape index (κ1) is 15.6. The van der Waals surface area contributed by atoms with E-state index in [0.29, 0.717) is 15.9 Å². The number of sulfonamides is 1. The smallest absolute Gasteiger partial charge is 0.263 e. The van der Waals surface area contributed by atoms with Crippen molar-refractivity contribution in [3.05, 3.63) is 45.1 Å². The normalized spacial score (nSPS) is 11.6. The van der Waals surface area contributed by atoms with Crippen LogP contribution in [-0.4, -0.2) is 18.1 Å². The molecule has 20 heavy (non-hydrogen) atoms. The number of hydrogen-bond acceptors (Lipinski definition) is 3. The van der Waals surface area contributed by atoms with E-state index >= 15 is 0 Å². The molecule has 0 atom stereocenters. The Kier molecular flexibility index (Phi) is 4.58. The molecule has 0 bridgehead atoms. The summed E-state index contributed by atoms with van der Waals surface area (Å²) in [6, 6.07) is 6.59. The van der Waals surface area contributed by atoms with Gasteiger partial charge in [0.15, 0.2) is 0 Å². The fourth-order valence-electron chi connectivity index (χ4n) is 1.66. The first-order valence-electron chi connectivity index (χ1n) is 5.57. The zero-order valence-electron chi connectivity index (χ0n) is 10.5. The van der Waals surface area contributed by atoms with Gasteiger partial charge in [-0.1, -0.05) is 15.9 Å². The zero-order valence-corrected chi connectivity index (χ0v) is 14.5. The summed E-state index contributed by atoms with van der Waals surface area (Å²) in [5.41, 5.74) is 0.975. The average molecular weight is 424 g/mol. The predicted molar refractivity (Wildman–Crippen MR) is 84.0 cm³/mol. The minimum absolute atomic E-state index is 0.110. The van der Waals surface area contributed by atoms with Crippen molar-refractivity contribution in [2.75, 3.05) is 4.72 Å². The summed E-state index contributed by atoms with van der Waals surface area (Å²) in [7, 11) is -2.01. The van der Waals surface area contributed by atoms with Gasteiger partial charge >= 0.3 is 0 Å². The van der Waals surface area contributed by atoms with Crippen molar-refractivity contribution in [1.29, 1.82) is 0 Å². The Morgan fingerprint density at radius 2 is 2.00 bits per heavy atom. The van der Waals surface area contributed by atoms with Crippen LogP contribution < -0.4 is 4.72 Å². The zero-order chi connectivity index (χ0) is 14.9. The number of aryl methyl sites for hydroxylation is 1. The number of nitrogens with one attached hydrogen (secondary N) is 1. The van der Waals surface area contributed by atoms with Crippen LogP contribution in [0.5, 0.6) is 0 Å². The van der Waals surface area contributed by atoms with Crippen molar-refractivity contribution < 1.29 is 13.5 Å². The van der Waals surface area contributed by atoms with Gasteiger partial charge < -0.3 is 9.67 Å². The van der Waals surface area contributed by atoms with Gasteiger partial charge in [0.05, 0.1) is 12.3 Å². The number of halogens is 2. The van der Waals surface area contributed by atoms with E-state index < -0.39 is 10.0 Å². The number of rotatable bonds is 4. The van der Waals surface area contributed by atoms with Crippen LogP contribution in [0.3, 0.4) is 0 Å². The van der Waals surface area contributed by atoms with Gasteiger partial charge in [-0.3, -0.25) is 4.72 Å². The summed E-state index contributed by atoms with van der Waals surface area (Å²) in [5.74, 6) is 0. The molecule has 0 spiro atoms. The molecular formula is C12H12Br2N2O3S. The highest BCUT2D eigenvalue weighted by molar-refractivity contribution is 9.11. The molecule has 2 N–H and O–H groups in total. The van der Waals surface area contributed by atoms with Crippen molar-refractivity contribution in [3.63, 3.8) is 0 Å². The molecule has 108 valence electrons. The van der Waals surface area contributed by atoms with Gasteiger partial charge in [-0.15, -0.1) is 0 Å².